The van der Waals surface area contributed by atoms with Gasteiger partial charge in [-0.3, -0.25) is 0 Å². The summed E-state index contributed by atoms with van der Waals surface area (Å²) < 4.78 is 0. The van der Waals surface area contributed by atoms with Gasteiger partial charge in [0.25, 0.3) is 0 Å². The lowest BCUT2D eigenvalue weighted by atomic mass is 10.4. The van der Waals surface area contributed by atoms with Gasteiger partial charge in [-0.25, -0.2) is 0 Å². The van der Waals surface area contributed by atoms with E-state index in [4.69, 9.17) is 23.2 Å². The Labute approximate surface area is 90.8 Å². The second kappa shape index (κ2) is 14.3. The number of alkyl halides is 2. The van der Waals surface area contributed by atoms with E-state index >= 15 is 0 Å². The molecule has 2 nitrogen and oxygen atoms in total. The first-order valence-electron chi connectivity index (χ1n) is 3.95. The molecule has 0 aliphatic heterocycles. The molecule has 0 aromatic heterocycles. The molecule has 0 bridgehead atoms. The van der Waals surface area contributed by atoms with E-state index in [1.165, 1.54) is 0 Å². The minimum absolute atomic E-state index is 0. The third-order valence-electron chi connectivity index (χ3n) is 1.25. The third-order valence-corrected chi connectivity index (χ3v) is 1.63. The van der Waals surface area contributed by atoms with Crippen LogP contribution in [0.3, 0.4) is 0 Å². The van der Waals surface area contributed by atoms with Crippen molar-refractivity contribution in [1.29, 1.82) is 0 Å². The van der Waals surface area contributed by atoms with Crippen molar-refractivity contribution >= 4 is 35.6 Å². The van der Waals surface area contributed by atoms with Crippen LogP contribution in [0.4, 0.5) is 0 Å². The van der Waals surface area contributed by atoms with Crippen molar-refractivity contribution in [1.82, 2.24) is 10.6 Å². The van der Waals surface area contributed by atoms with Gasteiger partial charge >= 0.3 is 0 Å². The first kappa shape index (κ1) is 15.3. The standard InChI is InChI=1S/C7H16Cl2N2.ClH/c8-2-6-10-4-1-5-11-7-3-9;/h10-11H,1-7H2;1H. The molecule has 5 heteroatoms. The summed E-state index contributed by atoms with van der Waals surface area (Å²) in [5, 5.41) is 6.41. The Morgan fingerprint density at radius 2 is 1.17 bits per heavy atom. The third kappa shape index (κ3) is 13.4. The molecule has 0 aliphatic carbocycles. The van der Waals surface area contributed by atoms with Crippen molar-refractivity contribution in [2.45, 2.75) is 6.42 Å². The second-order valence-corrected chi connectivity index (χ2v) is 2.99. The summed E-state index contributed by atoms with van der Waals surface area (Å²) in [5.41, 5.74) is 0. The summed E-state index contributed by atoms with van der Waals surface area (Å²) in [6, 6.07) is 0. The van der Waals surface area contributed by atoms with Gasteiger partial charge in [0.05, 0.1) is 0 Å². The number of hydrogen-bond donors (Lipinski definition) is 2. The first-order valence-corrected chi connectivity index (χ1v) is 5.02. The molecule has 0 aliphatic rings. The van der Waals surface area contributed by atoms with Crippen LogP contribution in [0.25, 0.3) is 0 Å². The lowest BCUT2D eigenvalue weighted by Crippen LogP contribution is -2.24. The van der Waals surface area contributed by atoms with Gasteiger partial charge in [-0.2, -0.15) is 0 Å². The van der Waals surface area contributed by atoms with E-state index in [2.05, 4.69) is 10.6 Å². The summed E-state index contributed by atoms with van der Waals surface area (Å²) in [5.74, 6) is 1.38. The van der Waals surface area contributed by atoms with Crippen molar-refractivity contribution in [3.63, 3.8) is 0 Å². The normalized spacial score (nSPS) is 9.50. The quantitative estimate of drug-likeness (QED) is 0.492. The van der Waals surface area contributed by atoms with Gasteiger partial charge in [0.15, 0.2) is 0 Å². The zero-order chi connectivity index (χ0) is 8.36. The maximum Gasteiger partial charge on any atom is 0.0348 e. The molecule has 0 aromatic carbocycles. The van der Waals surface area contributed by atoms with Crippen molar-refractivity contribution in [3.05, 3.63) is 0 Å². The monoisotopic (exact) mass is 234 g/mol. The molecule has 0 unspecified atom stereocenters. The maximum atomic E-state index is 5.47. The van der Waals surface area contributed by atoms with Crippen LogP contribution in [0.2, 0.25) is 0 Å². The van der Waals surface area contributed by atoms with Crippen molar-refractivity contribution in [2.24, 2.45) is 0 Å². The molecule has 0 heterocycles. The van der Waals surface area contributed by atoms with Crippen LogP contribution in [0.15, 0.2) is 0 Å². The molecule has 0 amide bonds. The Morgan fingerprint density at radius 3 is 1.50 bits per heavy atom. The van der Waals surface area contributed by atoms with Crippen LogP contribution in [-0.4, -0.2) is 37.9 Å². The average molecular weight is 236 g/mol. The van der Waals surface area contributed by atoms with Gasteiger partial charge in [-0.05, 0) is 19.5 Å². The molecular formula is C7H17Cl3N2. The molecule has 2 N–H and O–H groups in total. The Morgan fingerprint density at radius 1 is 0.750 bits per heavy atom. The van der Waals surface area contributed by atoms with E-state index in [9.17, 15) is 0 Å². The van der Waals surface area contributed by atoms with Crippen LogP contribution < -0.4 is 10.6 Å². The lowest BCUT2D eigenvalue weighted by molar-refractivity contribution is 0.621. The van der Waals surface area contributed by atoms with Gasteiger partial charge < -0.3 is 10.6 Å². The molecule has 0 saturated carbocycles. The predicted molar refractivity (Wildman–Crippen MR) is 59.0 cm³/mol. The fraction of sp³-hybridized carbons (Fsp3) is 1.00. The highest BCUT2D eigenvalue weighted by molar-refractivity contribution is 6.18. The van der Waals surface area contributed by atoms with Crippen LogP contribution in [0.5, 0.6) is 0 Å². The summed E-state index contributed by atoms with van der Waals surface area (Å²) >= 11 is 10.9. The van der Waals surface area contributed by atoms with E-state index in [-0.39, 0.29) is 12.4 Å². The lowest BCUT2D eigenvalue weighted by Gasteiger charge is -2.02. The fourth-order valence-corrected chi connectivity index (χ4v) is 0.989. The zero-order valence-corrected chi connectivity index (χ0v) is 9.44. The highest BCUT2D eigenvalue weighted by Gasteiger charge is 1.86. The Balaban J connectivity index is 0. The van der Waals surface area contributed by atoms with Crippen LogP contribution in [-0.2, 0) is 0 Å². The van der Waals surface area contributed by atoms with Gasteiger partial charge in [-0.1, -0.05) is 0 Å². The smallest absolute Gasteiger partial charge is 0.0348 e. The second-order valence-electron chi connectivity index (χ2n) is 2.23. The number of hydrogen-bond acceptors (Lipinski definition) is 2. The average Bonchev–Trinajstić information content (AvgIpc) is 2.03. The molecule has 0 atom stereocenters. The zero-order valence-electron chi connectivity index (χ0n) is 7.11. The summed E-state index contributed by atoms with van der Waals surface area (Å²) in [7, 11) is 0. The summed E-state index contributed by atoms with van der Waals surface area (Å²) in [6.07, 6.45) is 1.13. The van der Waals surface area contributed by atoms with Gasteiger partial charge in [0.2, 0.25) is 0 Å². The first-order chi connectivity index (χ1) is 5.41. The Kier molecular flexibility index (Phi) is 18.2. The number of halogens is 3. The van der Waals surface area contributed by atoms with Gasteiger partial charge in [0, 0.05) is 24.8 Å². The minimum atomic E-state index is 0. The minimum Gasteiger partial charge on any atom is -0.315 e. The van der Waals surface area contributed by atoms with Crippen molar-refractivity contribution in [2.75, 3.05) is 37.9 Å². The van der Waals surface area contributed by atoms with Crippen molar-refractivity contribution < 1.29 is 0 Å². The Bertz CT molecular complexity index is 65.7. The van der Waals surface area contributed by atoms with E-state index < -0.39 is 0 Å². The fourth-order valence-electron chi connectivity index (χ4n) is 0.722. The van der Waals surface area contributed by atoms with E-state index in [0.717, 1.165) is 32.6 Å². The molecule has 0 fully saturated rings. The SMILES string of the molecule is Cl.ClCCNCCCNCCCl. The molecule has 0 spiro atoms. The topological polar surface area (TPSA) is 24.1 Å². The summed E-state index contributed by atoms with van der Waals surface area (Å²) in [6.45, 7) is 3.86. The molecular weight excluding hydrogens is 218 g/mol. The summed E-state index contributed by atoms with van der Waals surface area (Å²) in [4.78, 5) is 0. The number of rotatable bonds is 8. The molecule has 76 valence electrons. The van der Waals surface area contributed by atoms with Crippen LogP contribution >= 0.6 is 35.6 Å². The van der Waals surface area contributed by atoms with Gasteiger partial charge in [0.1, 0.15) is 0 Å². The maximum absolute atomic E-state index is 5.47. The molecule has 12 heavy (non-hydrogen) atoms. The van der Waals surface area contributed by atoms with E-state index in [1.54, 1.807) is 0 Å². The Hall–Kier alpha value is 0.790. The highest BCUT2D eigenvalue weighted by atomic mass is 35.5. The van der Waals surface area contributed by atoms with E-state index in [1.807, 2.05) is 0 Å². The largest absolute Gasteiger partial charge is 0.315 e. The molecule has 0 aromatic rings. The molecule has 0 radical (unpaired) electrons. The van der Waals surface area contributed by atoms with Crippen molar-refractivity contribution in [3.8, 4) is 0 Å². The number of nitrogens with one attached hydrogen (secondary N) is 2. The predicted octanol–water partition coefficient (Wildman–Crippen LogP) is 1.46. The molecule has 0 rings (SSSR count). The molecule has 0 saturated heterocycles. The van der Waals surface area contributed by atoms with E-state index in [0.29, 0.717) is 11.8 Å². The van der Waals surface area contributed by atoms with Crippen LogP contribution in [0.1, 0.15) is 6.42 Å². The van der Waals surface area contributed by atoms with Crippen LogP contribution in [0, 0.1) is 0 Å². The highest BCUT2D eigenvalue weighted by Crippen LogP contribution is 1.76. The van der Waals surface area contributed by atoms with Gasteiger partial charge in [-0.15, -0.1) is 35.6 Å².